The van der Waals surface area contributed by atoms with Crippen LogP contribution in [0.1, 0.15) is 27.5 Å². The number of amides is 1. The van der Waals surface area contributed by atoms with Gasteiger partial charge in [0.1, 0.15) is 17.0 Å². The molecule has 4 rings (SSSR count). The number of aromatic nitrogens is 3. The number of aromatic hydroxyl groups is 1. The summed E-state index contributed by atoms with van der Waals surface area (Å²) in [4.78, 5) is 25.5. The molecule has 0 aliphatic rings. The molecule has 1 unspecified atom stereocenters. The molecule has 0 aliphatic carbocycles. The Morgan fingerprint density at radius 1 is 1.03 bits per heavy atom. The van der Waals surface area contributed by atoms with Crippen LogP contribution in [0.3, 0.4) is 0 Å². The summed E-state index contributed by atoms with van der Waals surface area (Å²) < 4.78 is 16.6. The Hall–Kier alpha value is -4.16. The average molecular weight is 458 g/mol. The normalized spacial score (nSPS) is 11.7. The number of hydrogen-bond donors (Lipinski definition) is 2. The predicted octanol–water partition coefficient (Wildman–Crippen LogP) is 3.69. The molecule has 0 saturated heterocycles. The van der Waals surface area contributed by atoms with Gasteiger partial charge >= 0.3 is 0 Å². The summed E-state index contributed by atoms with van der Waals surface area (Å²) in [6.45, 7) is 0. The van der Waals surface area contributed by atoms with Crippen LogP contribution < -0.4 is 15.4 Å². The zero-order valence-corrected chi connectivity index (χ0v) is 18.4. The van der Waals surface area contributed by atoms with Crippen LogP contribution >= 0.6 is 8.46 Å². The summed E-state index contributed by atoms with van der Waals surface area (Å²) in [5, 5.41) is 13.9. The van der Waals surface area contributed by atoms with E-state index in [1.807, 2.05) is 18.2 Å². The summed E-state index contributed by atoms with van der Waals surface area (Å²) in [7, 11) is 1.45. The quantitative estimate of drug-likeness (QED) is 0.406. The summed E-state index contributed by atoms with van der Waals surface area (Å²) in [6, 6.07) is 18.9. The highest BCUT2D eigenvalue weighted by atomic mass is 31.1. The van der Waals surface area contributed by atoms with Crippen molar-refractivity contribution in [2.24, 2.45) is 0 Å². The molecule has 1 amide bonds. The second-order valence-electron chi connectivity index (χ2n) is 7.01. The van der Waals surface area contributed by atoms with Gasteiger partial charge in [0, 0.05) is 17.7 Å². The Balaban J connectivity index is 1.66. The fourth-order valence-electron chi connectivity index (χ4n) is 3.28. The first-order valence-corrected chi connectivity index (χ1v) is 10.8. The van der Waals surface area contributed by atoms with Gasteiger partial charge in [0.2, 0.25) is 5.88 Å². The van der Waals surface area contributed by atoms with Crippen molar-refractivity contribution < 1.29 is 19.2 Å². The maximum Gasteiger partial charge on any atom is 0.259 e. The number of nitrogens with zero attached hydrogens (tertiary/aromatic N) is 3. The lowest BCUT2D eigenvalue weighted by Gasteiger charge is -2.20. The minimum absolute atomic E-state index is 0.0775. The van der Waals surface area contributed by atoms with Crippen molar-refractivity contribution in [2.45, 2.75) is 6.04 Å². The van der Waals surface area contributed by atoms with Crippen molar-refractivity contribution >= 4 is 19.7 Å². The van der Waals surface area contributed by atoms with E-state index in [1.165, 1.54) is 6.20 Å². The summed E-state index contributed by atoms with van der Waals surface area (Å²) >= 11 is 0. The Kier molecular flexibility index (Phi) is 6.66. The van der Waals surface area contributed by atoms with Gasteiger partial charge in [-0.05, 0) is 47.5 Å². The van der Waals surface area contributed by atoms with Crippen molar-refractivity contribution in [3.05, 3.63) is 95.8 Å². The van der Waals surface area contributed by atoms with Crippen LogP contribution in [0.4, 0.5) is 0 Å². The van der Waals surface area contributed by atoms with Crippen molar-refractivity contribution in [1.82, 2.24) is 20.3 Å². The molecule has 0 spiro atoms. The van der Waals surface area contributed by atoms with E-state index >= 15 is 0 Å². The van der Waals surface area contributed by atoms with Gasteiger partial charge in [-0.3, -0.25) is 14.3 Å². The number of ether oxygens (including phenoxy) is 1. The number of nitrogens with one attached hydrogen (secondary N) is 1. The molecule has 0 radical (unpaired) electrons. The third-order valence-electron chi connectivity index (χ3n) is 4.94. The van der Waals surface area contributed by atoms with Crippen molar-refractivity contribution in [3.63, 3.8) is 0 Å². The van der Waals surface area contributed by atoms with Gasteiger partial charge in [-0.2, -0.15) is 4.98 Å². The SMILES string of the molecule is COc1ccc(C(NC(=O)c2cnc(-c3ccccn3)nc2O)c2cccc(P=O)c2)cc1. The Bertz CT molecular complexity index is 1280. The van der Waals surface area contributed by atoms with Gasteiger partial charge in [0.25, 0.3) is 5.91 Å². The lowest BCUT2D eigenvalue weighted by Crippen LogP contribution is -2.30. The van der Waals surface area contributed by atoms with Gasteiger partial charge in [0.05, 0.1) is 13.2 Å². The zero-order valence-electron chi connectivity index (χ0n) is 17.5. The first kappa shape index (κ1) is 22.0. The molecule has 0 bridgehead atoms. The molecule has 0 aliphatic heterocycles. The molecule has 8 nitrogen and oxygen atoms in total. The van der Waals surface area contributed by atoms with E-state index in [1.54, 1.807) is 61.8 Å². The molecule has 2 heterocycles. The van der Waals surface area contributed by atoms with E-state index in [-0.39, 0.29) is 19.8 Å². The van der Waals surface area contributed by atoms with Crippen molar-refractivity contribution in [1.29, 1.82) is 0 Å². The highest BCUT2D eigenvalue weighted by Crippen LogP contribution is 2.26. The first-order chi connectivity index (χ1) is 16.1. The van der Waals surface area contributed by atoms with Gasteiger partial charge < -0.3 is 15.2 Å². The monoisotopic (exact) mass is 458 g/mol. The van der Waals surface area contributed by atoms with Gasteiger partial charge in [-0.15, -0.1) is 0 Å². The number of rotatable bonds is 7. The fourth-order valence-corrected chi connectivity index (χ4v) is 3.63. The first-order valence-electron chi connectivity index (χ1n) is 9.94. The zero-order chi connectivity index (χ0) is 23.2. The minimum Gasteiger partial charge on any atom is -0.497 e. The molecule has 2 aromatic carbocycles. The van der Waals surface area contributed by atoms with E-state index in [9.17, 15) is 14.5 Å². The fraction of sp³-hybridized carbons (Fsp3) is 0.0833. The standard InChI is InChI=1S/C24H19N4O4P/c1-32-17-10-8-15(9-11-17)21(16-5-4-6-18(13-16)33-31)27-23(29)19-14-26-22(28-24(19)30)20-7-2-3-12-25-20/h2-14,21H,1H3,(H,27,29)(H,26,28,30). The summed E-state index contributed by atoms with van der Waals surface area (Å²) in [6.07, 6.45) is 2.85. The Morgan fingerprint density at radius 3 is 2.52 bits per heavy atom. The molecular weight excluding hydrogens is 439 g/mol. The second kappa shape index (κ2) is 9.97. The number of carbonyl (C=O) groups excluding carboxylic acids is 1. The maximum absolute atomic E-state index is 13.1. The third kappa shape index (κ3) is 5.02. The third-order valence-corrected chi connectivity index (χ3v) is 5.43. The van der Waals surface area contributed by atoms with Crippen LogP contribution in [0.2, 0.25) is 0 Å². The summed E-state index contributed by atoms with van der Waals surface area (Å²) in [5.41, 5.74) is 1.89. The molecule has 1 atom stereocenters. The largest absolute Gasteiger partial charge is 0.497 e. The molecule has 33 heavy (non-hydrogen) atoms. The Labute approximate surface area is 191 Å². The van der Waals surface area contributed by atoms with Gasteiger partial charge in [-0.1, -0.05) is 30.3 Å². The molecule has 2 N–H and O–H groups in total. The predicted molar refractivity (Wildman–Crippen MR) is 123 cm³/mol. The van der Waals surface area contributed by atoms with E-state index < -0.39 is 17.8 Å². The topological polar surface area (TPSA) is 114 Å². The number of carbonyl (C=O) groups is 1. The number of hydrogen-bond acceptors (Lipinski definition) is 7. The molecular formula is C24H19N4O4P. The number of methoxy groups -OCH3 is 1. The van der Waals surface area contributed by atoms with E-state index in [0.717, 1.165) is 11.1 Å². The van der Waals surface area contributed by atoms with Crippen molar-refractivity contribution in [3.8, 4) is 23.1 Å². The van der Waals surface area contributed by atoms with Crippen LogP contribution in [0.5, 0.6) is 11.6 Å². The van der Waals surface area contributed by atoms with E-state index in [0.29, 0.717) is 16.7 Å². The van der Waals surface area contributed by atoms with Crippen LogP contribution in [0.25, 0.3) is 11.5 Å². The highest BCUT2D eigenvalue weighted by molar-refractivity contribution is 7.34. The highest BCUT2D eigenvalue weighted by Gasteiger charge is 2.22. The van der Waals surface area contributed by atoms with Gasteiger partial charge in [-0.25, -0.2) is 4.98 Å². The minimum atomic E-state index is -0.583. The van der Waals surface area contributed by atoms with E-state index in [4.69, 9.17) is 4.74 Å². The molecule has 4 aromatic rings. The van der Waals surface area contributed by atoms with E-state index in [2.05, 4.69) is 20.3 Å². The molecule has 2 aromatic heterocycles. The molecule has 0 saturated carbocycles. The number of benzene rings is 2. The van der Waals surface area contributed by atoms with Gasteiger partial charge in [0.15, 0.2) is 14.3 Å². The van der Waals surface area contributed by atoms with Crippen LogP contribution in [0.15, 0.2) is 79.1 Å². The van der Waals surface area contributed by atoms with Crippen LogP contribution in [0, 0.1) is 0 Å². The average Bonchev–Trinajstić information content (AvgIpc) is 2.87. The smallest absolute Gasteiger partial charge is 0.259 e. The lowest BCUT2D eigenvalue weighted by atomic mass is 9.98. The van der Waals surface area contributed by atoms with Crippen LogP contribution in [-0.2, 0) is 4.57 Å². The summed E-state index contributed by atoms with van der Waals surface area (Å²) in [5.74, 6) is -0.139. The second-order valence-corrected chi connectivity index (χ2v) is 7.71. The lowest BCUT2D eigenvalue weighted by molar-refractivity contribution is 0.0939. The molecule has 164 valence electrons. The molecule has 9 heteroatoms. The molecule has 0 fully saturated rings. The van der Waals surface area contributed by atoms with Crippen LogP contribution in [-0.4, -0.2) is 33.1 Å². The van der Waals surface area contributed by atoms with Crippen molar-refractivity contribution in [2.75, 3.05) is 7.11 Å². The Morgan fingerprint density at radius 2 is 1.85 bits per heavy atom. The number of pyridine rings is 1. The maximum atomic E-state index is 13.1.